The van der Waals surface area contributed by atoms with Gasteiger partial charge in [0.2, 0.25) is 0 Å². The minimum Gasteiger partial charge on any atom is -0.466 e. The maximum absolute atomic E-state index is 13.8. The highest BCUT2D eigenvalue weighted by atomic mass is 35.5. The predicted molar refractivity (Wildman–Crippen MR) is 147 cm³/mol. The van der Waals surface area contributed by atoms with Crippen LogP contribution in [0.2, 0.25) is 5.02 Å². The minimum atomic E-state index is -0.608. The standard InChI is InChI=1S/C29H26ClN3O3S/c1-5-23-25(28(35)36-4)26(19-9-7-6-8-10-19)33-27(34)24(37-29(33)31-23)16-20-15-17(2)32(18(20)3)22-13-11-21(30)12-14-22/h6-16,26H,5H2,1-4H3/b24-16+/t26-/m0/s1. The summed E-state index contributed by atoms with van der Waals surface area (Å²) in [6.07, 6.45) is 2.45. The van der Waals surface area contributed by atoms with Gasteiger partial charge >= 0.3 is 5.97 Å². The highest BCUT2D eigenvalue weighted by molar-refractivity contribution is 7.07. The predicted octanol–water partition coefficient (Wildman–Crippen LogP) is 4.86. The molecule has 0 saturated carbocycles. The van der Waals surface area contributed by atoms with Crippen molar-refractivity contribution in [2.24, 2.45) is 4.99 Å². The van der Waals surface area contributed by atoms with E-state index in [0.29, 0.717) is 32.0 Å². The molecule has 4 aromatic rings. The van der Waals surface area contributed by atoms with E-state index in [1.807, 2.05) is 81.4 Å². The Kier molecular flexibility index (Phi) is 6.75. The first-order valence-electron chi connectivity index (χ1n) is 12.0. The highest BCUT2D eigenvalue weighted by Crippen LogP contribution is 2.31. The molecule has 0 aliphatic carbocycles. The van der Waals surface area contributed by atoms with Crippen LogP contribution in [0.15, 0.2) is 81.7 Å². The summed E-state index contributed by atoms with van der Waals surface area (Å²) in [7, 11) is 1.35. The van der Waals surface area contributed by atoms with Crippen molar-refractivity contribution < 1.29 is 9.53 Å². The van der Waals surface area contributed by atoms with Gasteiger partial charge in [-0.1, -0.05) is 60.2 Å². The second kappa shape index (κ2) is 10.00. The van der Waals surface area contributed by atoms with Gasteiger partial charge in [0.25, 0.3) is 5.56 Å². The smallest absolute Gasteiger partial charge is 0.338 e. The number of nitrogens with zero attached hydrogens (tertiary/aromatic N) is 3. The van der Waals surface area contributed by atoms with E-state index in [4.69, 9.17) is 21.3 Å². The molecule has 8 heteroatoms. The van der Waals surface area contributed by atoms with Gasteiger partial charge < -0.3 is 9.30 Å². The molecule has 1 aliphatic rings. The summed E-state index contributed by atoms with van der Waals surface area (Å²) in [5, 5.41) is 0.679. The lowest BCUT2D eigenvalue weighted by molar-refractivity contribution is -0.136. The number of fused-ring (bicyclic) bond motifs is 1. The van der Waals surface area contributed by atoms with Gasteiger partial charge in [-0.15, -0.1) is 0 Å². The molecule has 3 heterocycles. The molecule has 5 rings (SSSR count). The first-order chi connectivity index (χ1) is 17.8. The number of hydrogen-bond acceptors (Lipinski definition) is 5. The number of ether oxygens (including phenoxy) is 1. The van der Waals surface area contributed by atoms with Crippen LogP contribution in [0.5, 0.6) is 0 Å². The van der Waals surface area contributed by atoms with E-state index in [-0.39, 0.29) is 5.56 Å². The van der Waals surface area contributed by atoms with Crippen LogP contribution in [0.4, 0.5) is 0 Å². The lowest BCUT2D eigenvalue weighted by Gasteiger charge is -2.25. The first-order valence-corrected chi connectivity index (χ1v) is 13.2. The molecule has 6 nitrogen and oxygen atoms in total. The van der Waals surface area contributed by atoms with E-state index < -0.39 is 12.0 Å². The van der Waals surface area contributed by atoms with Gasteiger partial charge in [-0.25, -0.2) is 9.79 Å². The molecule has 1 aliphatic heterocycles. The number of methoxy groups -OCH3 is 1. The van der Waals surface area contributed by atoms with E-state index in [0.717, 1.165) is 28.2 Å². The van der Waals surface area contributed by atoms with Gasteiger partial charge in [0.1, 0.15) is 0 Å². The van der Waals surface area contributed by atoms with Gasteiger partial charge in [-0.2, -0.15) is 0 Å². The Morgan fingerprint density at radius 2 is 1.84 bits per heavy atom. The van der Waals surface area contributed by atoms with Gasteiger partial charge in [0.05, 0.1) is 29.0 Å². The zero-order valence-electron chi connectivity index (χ0n) is 21.0. The van der Waals surface area contributed by atoms with Crippen molar-refractivity contribution in [3.05, 3.63) is 119 Å². The SMILES string of the molecule is CCC1=C(C(=O)OC)[C@H](c2ccccc2)n2c(s/c(=C/c3cc(C)n(-c4ccc(Cl)cc4)c3C)c2=O)=N1. The molecule has 188 valence electrons. The molecule has 0 saturated heterocycles. The third-order valence-electron chi connectivity index (χ3n) is 6.61. The molecule has 0 spiro atoms. The van der Waals surface area contributed by atoms with Crippen molar-refractivity contribution in [3.63, 3.8) is 0 Å². The summed E-state index contributed by atoms with van der Waals surface area (Å²) in [6, 6.07) is 18.7. The summed E-state index contributed by atoms with van der Waals surface area (Å²) in [5.41, 5.74) is 5.67. The quantitative estimate of drug-likeness (QED) is 0.345. The summed E-state index contributed by atoms with van der Waals surface area (Å²) >= 11 is 7.41. The average Bonchev–Trinajstić information content (AvgIpc) is 3.37. The van der Waals surface area contributed by atoms with E-state index in [2.05, 4.69) is 10.6 Å². The third kappa shape index (κ3) is 4.38. The van der Waals surface area contributed by atoms with Crippen molar-refractivity contribution in [3.8, 4) is 5.69 Å². The molecular weight excluding hydrogens is 506 g/mol. The molecular formula is C29H26ClN3O3S. The van der Waals surface area contributed by atoms with E-state index in [1.165, 1.54) is 18.4 Å². The Bertz CT molecular complexity index is 1710. The Labute approximate surface area is 223 Å². The maximum Gasteiger partial charge on any atom is 0.338 e. The molecule has 2 aromatic carbocycles. The van der Waals surface area contributed by atoms with Crippen LogP contribution in [-0.4, -0.2) is 22.2 Å². The minimum absolute atomic E-state index is 0.189. The van der Waals surface area contributed by atoms with Crippen LogP contribution in [0.25, 0.3) is 11.8 Å². The van der Waals surface area contributed by atoms with E-state index in [1.54, 1.807) is 4.57 Å². The van der Waals surface area contributed by atoms with Crippen molar-refractivity contribution in [1.29, 1.82) is 0 Å². The fraction of sp³-hybridized carbons (Fsp3) is 0.207. The number of thiazole rings is 1. The van der Waals surface area contributed by atoms with E-state index in [9.17, 15) is 9.59 Å². The van der Waals surface area contributed by atoms with Crippen LogP contribution in [0, 0.1) is 13.8 Å². The number of aryl methyl sites for hydroxylation is 1. The Morgan fingerprint density at radius 3 is 2.49 bits per heavy atom. The molecule has 0 unspecified atom stereocenters. The molecule has 2 aromatic heterocycles. The molecule has 0 bridgehead atoms. The molecule has 0 amide bonds. The van der Waals surface area contributed by atoms with Crippen molar-refractivity contribution in [1.82, 2.24) is 9.13 Å². The van der Waals surface area contributed by atoms with Gasteiger partial charge in [0.15, 0.2) is 4.80 Å². The number of aromatic nitrogens is 2. The summed E-state index contributed by atoms with van der Waals surface area (Å²) in [6.45, 7) is 6.01. The molecule has 37 heavy (non-hydrogen) atoms. The maximum atomic E-state index is 13.8. The number of halogens is 1. The topological polar surface area (TPSA) is 65.6 Å². The van der Waals surface area contributed by atoms with Crippen molar-refractivity contribution >= 4 is 35.0 Å². The number of carbonyl (C=O) groups excluding carboxylic acids is 1. The van der Waals surface area contributed by atoms with Gasteiger partial charge in [-0.05, 0) is 67.8 Å². The number of allylic oxidation sites excluding steroid dienone is 1. The number of hydrogen-bond donors (Lipinski definition) is 0. The monoisotopic (exact) mass is 531 g/mol. The van der Waals surface area contributed by atoms with Gasteiger partial charge in [-0.3, -0.25) is 9.36 Å². The van der Waals surface area contributed by atoms with Crippen molar-refractivity contribution in [2.75, 3.05) is 7.11 Å². The van der Waals surface area contributed by atoms with Crippen LogP contribution < -0.4 is 14.9 Å². The molecule has 0 fully saturated rings. The largest absolute Gasteiger partial charge is 0.466 e. The zero-order valence-corrected chi connectivity index (χ0v) is 22.6. The summed E-state index contributed by atoms with van der Waals surface area (Å²) in [4.78, 5) is 32.1. The fourth-order valence-corrected chi connectivity index (χ4v) is 6.01. The molecule has 1 atom stereocenters. The van der Waals surface area contributed by atoms with Gasteiger partial charge in [0, 0.05) is 22.1 Å². The van der Waals surface area contributed by atoms with Crippen LogP contribution in [0.1, 0.15) is 41.9 Å². The summed E-state index contributed by atoms with van der Waals surface area (Å²) < 4.78 is 9.43. The molecule has 0 radical (unpaired) electrons. The molecule has 0 N–H and O–H groups in total. The fourth-order valence-electron chi connectivity index (χ4n) is 4.88. The Hall–Kier alpha value is -3.68. The average molecular weight is 532 g/mol. The zero-order chi connectivity index (χ0) is 26.3. The second-order valence-electron chi connectivity index (χ2n) is 8.84. The lowest BCUT2D eigenvalue weighted by atomic mass is 9.95. The van der Waals surface area contributed by atoms with Crippen LogP contribution in [-0.2, 0) is 9.53 Å². The second-order valence-corrected chi connectivity index (χ2v) is 10.3. The van der Waals surface area contributed by atoms with Crippen LogP contribution >= 0.6 is 22.9 Å². The van der Waals surface area contributed by atoms with Crippen LogP contribution in [0.3, 0.4) is 0 Å². The lowest BCUT2D eigenvalue weighted by Crippen LogP contribution is -2.40. The number of esters is 1. The number of carbonyl (C=O) groups is 1. The van der Waals surface area contributed by atoms with E-state index >= 15 is 0 Å². The number of benzene rings is 2. The highest BCUT2D eigenvalue weighted by Gasteiger charge is 2.33. The number of rotatable bonds is 5. The Balaban J connectivity index is 1.71. The third-order valence-corrected chi connectivity index (χ3v) is 7.84. The first kappa shape index (κ1) is 25.0. The normalized spacial score (nSPS) is 15.5. The van der Waals surface area contributed by atoms with Crippen molar-refractivity contribution in [2.45, 2.75) is 33.2 Å². The summed E-state index contributed by atoms with van der Waals surface area (Å²) in [5.74, 6) is -0.477. The Morgan fingerprint density at radius 1 is 1.14 bits per heavy atom.